The summed E-state index contributed by atoms with van der Waals surface area (Å²) in [4.78, 5) is 0. The molecule has 0 bridgehead atoms. The second-order valence-corrected chi connectivity index (χ2v) is 4.72. The lowest BCUT2D eigenvalue weighted by atomic mass is 9.82. The van der Waals surface area contributed by atoms with Crippen LogP contribution in [0.5, 0.6) is 0 Å². The van der Waals surface area contributed by atoms with E-state index in [1.807, 2.05) is 0 Å². The molecule has 96 valence electrons. The van der Waals surface area contributed by atoms with Gasteiger partial charge in [0.05, 0.1) is 0 Å². The molecule has 1 saturated carbocycles. The van der Waals surface area contributed by atoms with Crippen molar-refractivity contribution in [2.24, 2.45) is 11.7 Å². The first-order valence-corrected chi connectivity index (χ1v) is 5.84. The average Bonchev–Trinajstić information content (AvgIpc) is 2.27. The molecule has 17 heavy (non-hydrogen) atoms. The van der Waals surface area contributed by atoms with E-state index >= 15 is 0 Å². The molecule has 0 aliphatic heterocycles. The summed E-state index contributed by atoms with van der Waals surface area (Å²) in [6.45, 7) is 0. The molecule has 0 radical (unpaired) electrons. The van der Waals surface area contributed by atoms with Crippen molar-refractivity contribution in [3.8, 4) is 0 Å². The van der Waals surface area contributed by atoms with Gasteiger partial charge in [-0.05, 0) is 61.8 Å². The van der Waals surface area contributed by atoms with E-state index in [0.29, 0.717) is 23.9 Å². The molecule has 0 spiro atoms. The van der Waals surface area contributed by atoms with E-state index in [0.717, 1.165) is 31.7 Å². The summed E-state index contributed by atoms with van der Waals surface area (Å²) >= 11 is 0. The summed E-state index contributed by atoms with van der Waals surface area (Å²) in [6, 6.07) is 3.98. The maximum Gasteiger partial charge on any atom is 0.126 e. The van der Waals surface area contributed by atoms with Gasteiger partial charge in [0.15, 0.2) is 0 Å². The molecule has 0 amide bonds. The summed E-state index contributed by atoms with van der Waals surface area (Å²) in [5, 5.41) is 0. The molecule has 0 heterocycles. The van der Waals surface area contributed by atoms with Crippen molar-refractivity contribution >= 4 is 12.4 Å². The third kappa shape index (κ3) is 3.93. The van der Waals surface area contributed by atoms with Gasteiger partial charge in [0.1, 0.15) is 11.6 Å². The van der Waals surface area contributed by atoms with Crippen molar-refractivity contribution in [1.29, 1.82) is 0 Å². The monoisotopic (exact) mass is 261 g/mol. The highest BCUT2D eigenvalue weighted by molar-refractivity contribution is 5.85. The van der Waals surface area contributed by atoms with Crippen LogP contribution in [-0.2, 0) is 6.42 Å². The van der Waals surface area contributed by atoms with Crippen molar-refractivity contribution < 1.29 is 8.78 Å². The molecule has 1 aromatic carbocycles. The Balaban J connectivity index is 0.00000144. The normalized spacial score (nSPS) is 24.2. The molecule has 0 aromatic heterocycles. The van der Waals surface area contributed by atoms with E-state index in [2.05, 4.69) is 0 Å². The van der Waals surface area contributed by atoms with Crippen LogP contribution in [-0.4, -0.2) is 6.04 Å². The van der Waals surface area contributed by atoms with Crippen molar-refractivity contribution in [2.75, 3.05) is 0 Å². The highest BCUT2D eigenvalue weighted by Gasteiger charge is 2.20. The molecular weight excluding hydrogens is 244 g/mol. The Labute approximate surface area is 107 Å². The summed E-state index contributed by atoms with van der Waals surface area (Å²) < 4.78 is 26.4. The zero-order valence-electron chi connectivity index (χ0n) is 9.66. The summed E-state index contributed by atoms with van der Waals surface area (Å²) in [5.41, 5.74) is 6.31. The van der Waals surface area contributed by atoms with E-state index in [9.17, 15) is 8.78 Å². The van der Waals surface area contributed by atoms with Gasteiger partial charge in [-0.3, -0.25) is 0 Å². The van der Waals surface area contributed by atoms with Gasteiger partial charge in [0.25, 0.3) is 0 Å². The Morgan fingerprint density at radius 1 is 1.12 bits per heavy atom. The van der Waals surface area contributed by atoms with Gasteiger partial charge < -0.3 is 5.73 Å². The summed E-state index contributed by atoms with van der Waals surface area (Å²) in [6.07, 6.45) is 4.69. The number of hydrogen-bond donors (Lipinski definition) is 1. The predicted octanol–water partition coefficient (Wildman–Crippen LogP) is 3.45. The highest BCUT2D eigenvalue weighted by atomic mass is 35.5. The van der Waals surface area contributed by atoms with Crippen molar-refractivity contribution in [2.45, 2.75) is 38.1 Å². The van der Waals surface area contributed by atoms with Crippen LogP contribution >= 0.6 is 12.4 Å². The number of hydrogen-bond acceptors (Lipinski definition) is 1. The van der Waals surface area contributed by atoms with Crippen LogP contribution in [0.15, 0.2) is 18.2 Å². The quantitative estimate of drug-likeness (QED) is 0.867. The number of benzene rings is 1. The number of rotatable bonds is 2. The van der Waals surface area contributed by atoms with Gasteiger partial charge in [-0.1, -0.05) is 0 Å². The van der Waals surface area contributed by atoms with Gasteiger partial charge in [-0.2, -0.15) is 0 Å². The highest BCUT2D eigenvalue weighted by Crippen LogP contribution is 2.27. The molecule has 2 N–H and O–H groups in total. The van der Waals surface area contributed by atoms with E-state index in [1.54, 1.807) is 0 Å². The van der Waals surface area contributed by atoms with E-state index in [4.69, 9.17) is 5.73 Å². The Kier molecular flexibility index (Phi) is 5.34. The Morgan fingerprint density at radius 2 is 1.76 bits per heavy atom. The van der Waals surface area contributed by atoms with Crippen LogP contribution < -0.4 is 5.73 Å². The Bertz CT molecular complexity index is 362. The van der Waals surface area contributed by atoms with Crippen LogP contribution in [0.25, 0.3) is 0 Å². The predicted molar refractivity (Wildman–Crippen MR) is 67.2 cm³/mol. The fourth-order valence-electron chi connectivity index (χ4n) is 2.40. The SMILES string of the molecule is Cl.NC1CCC(Cc2cc(F)ccc2F)CC1. The topological polar surface area (TPSA) is 26.0 Å². The molecule has 1 aromatic rings. The van der Waals surface area contributed by atoms with E-state index < -0.39 is 0 Å². The van der Waals surface area contributed by atoms with Crippen LogP contribution in [0.2, 0.25) is 0 Å². The van der Waals surface area contributed by atoms with Gasteiger partial charge in [-0.25, -0.2) is 8.78 Å². The molecule has 1 fully saturated rings. The molecule has 0 unspecified atom stereocenters. The molecule has 0 saturated heterocycles. The van der Waals surface area contributed by atoms with Crippen molar-refractivity contribution in [1.82, 2.24) is 0 Å². The lowest BCUT2D eigenvalue weighted by Crippen LogP contribution is -2.27. The molecule has 1 aliphatic carbocycles. The van der Waals surface area contributed by atoms with Crippen LogP contribution in [0.1, 0.15) is 31.2 Å². The smallest absolute Gasteiger partial charge is 0.126 e. The van der Waals surface area contributed by atoms with Gasteiger partial charge in [-0.15, -0.1) is 12.4 Å². The Hall–Kier alpha value is -0.670. The second kappa shape index (κ2) is 6.31. The largest absolute Gasteiger partial charge is 0.328 e. The molecule has 1 aliphatic rings. The summed E-state index contributed by atoms with van der Waals surface area (Å²) in [7, 11) is 0. The fraction of sp³-hybridized carbons (Fsp3) is 0.538. The third-order valence-corrected chi connectivity index (χ3v) is 3.41. The molecule has 2 rings (SSSR count). The Morgan fingerprint density at radius 3 is 2.41 bits per heavy atom. The lowest BCUT2D eigenvalue weighted by Gasteiger charge is -2.26. The minimum absolute atomic E-state index is 0. The van der Waals surface area contributed by atoms with Crippen LogP contribution in [0.3, 0.4) is 0 Å². The lowest BCUT2D eigenvalue weighted by molar-refractivity contribution is 0.322. The zero-order chi connectivity index (χ0) is 11.5. The number of nitrogens with two attached hydrogens (primary N) is 1. The zero-order valence-corrected chi connectivity index (χ0v) is 10.5. The minimum Gasteiger partial charge on any atom is -0.328 e. The summed E-state index contributed by atoms with van der Waals surface area (Å²) in [5.74, 6) is -0.198. The molecule has 1 nitrogen and oxygen atoms in total. The first-order valence-electron chi connectivity index (χ1n) is 5.84. The van der Waals surface area contributed by atoms with Gasteiger partial charge in [0, 0.05) is 6.04 Å². The van der Waals surface area contributed by atoms with Gasteiger partial charge >= 0.3 is 0 Å². The first kappa shape index (κ1) is 14.4. The minimum atomic E-state index is -0.357. The van der Waals surface area contributed by atoms with E-state index in [1.165, 1.54) is 12.1 Å². The second-order valence-electron chi connectivity index (χ2n) is 4.72. The molecular formula is C13H18ClF2N. The van der Waals surface area contributed by atoms with Crippen LogP contribution in [0, 0.1) is 17.6 Å². The average molecular weight is 262 g/mol. The molecule has 0 atom stereocenters. The standard InChI is InChI=1S/C13H17F2N.ClH/c14-11-3-6-13(15)10(8-11)7-9-1-4-12(16)5-2-9;/h3,6,8-9,12H,1-2,4-5,7,16H2;1H. The van der Waals surface area contributed by atoms with Crippen molar-refractivity contribution in [3.05, 3.63) is 35.4 Å². The third-order valence-electron chi connectivity index (χ3n) is 3.41. The van der Waals surface area contributed by atoms with Crippen molar-refractivity contribution in [3.63, 3.8) is 0 Å². The maximum absolute atomic E-state index is 13.4. The fourth-order valence-corrected chi connectivity index (χ4v) is 2.40. The number of halogens is 3. The van der Waals surface area contributed by atoms with E-state index in [-0.39, 0.29) is 24.0 Å². The van der Waals surface area contributed by atoms with Crippen LogP contribution in [0.4, 0.5) is 8.78 Å². The molecule has 4 heteroatoms. The first-order chi connectivity index (χ1) is 7.65. The van der Waals surface area contributed by atoms with Gasteiger partial charge in [0.2, 0.25) is 0 Å². The maximum atomic E-state index is 13.4.